The van der Waals surface area contributed by atoms with E-state index in [1.165, 1.54) is 40.7 Å². The van der Waals surface area contributed by atoms with Gasteiger partial charge in [-0.2, -0.15) is 4.31 Å². The minimum absolute atomic E-state index is 0.0340. The van der Waals surface area contributed by atoms with Crippen LogP contribution >= 0.6 is 0 Å². The number of sulfonamides is 2. The number of hydrogen-bond donors (Lipinski definition) is 1. The lowest BCUT2D eigenvalue weighted by molar-refractivity contribution is 0.171. The molecule has 10 heteroatoms. The fourth-order valence-corrected chi connectivity index (χ4v) is 5.94. The zero-order valence-electron chi connectivity index (χ0n) is 15.7. The number of piperidine rings is 1. The zero-order valence-corrected chi connectivity index (χ0v) is 17.3. The van der Waals surface area contributed by atoms with Crippen LogP contribution in [0.3, 0.4) is 0 Å². The van der Waals surface area contributed by atoms with Gasteiger partial charge in [0.1, 0.15) is 13.2 Å². The first-order valence-electron chi connectivity index (χ1n) is 9.39. The van der Waals surface area contributed by atoms with Crippen molar-refractivity contribution in [1.82, 2.24) is 4.31 Å². The first-order chi connectivity index (χ1) is 13.9. The van der Waals surface area contributed by atoms with Crippen LogP contribution < -0.4 is 14.2 Å². The lowest BCUT2D eigenvalue weighted by atomic mass is 10.2. The van der Waals surface area contributed by atoms with Crippen LogP contribution in [0.15, 0.2) is 52.3 Å². The van der Waals surface area contributed by atoms with E-state index in [4.69, 9.17) is 9.47 Å². The molecule has 0 radical (unpaired) electrons. The first kappa shape index (κ1) is 20.0. The Balaban J connectivity index is 1.52. The molecule has 0 atom stereocenters. The Morgan fingerprint density at radius 2 is 1.38 bits per heavy atom. The summed E-state index contributed by atoms with van der Waals surface area (Å²) in [5, 5.41) is 0. The van der Waals surface area contributed by atoms with Crippen molar-refractivity contribution >= 4 is 25.7 Å². The average molecular weight is 439 g/mol. The van der Waals surface area contributed by atoms with Crippen LogP contribution in [-0.2, 0) is 20.0 Å². The van der Waals surface area contributed by atoms with Gasteiger partial charge in [-0.3, -0.25) is 4.72 Å². The van der Waals surface area contributed by atoms with E-state index in [1.807, 2.05) is 0 Å². The molecule has 0 unspecified atom stereocenters. The summed E-state index contributed by atoms with van der Waals surface area (Å²) in [6, 6.07) is 10.1. The fraction of sp³-hybridized carbons (Fsp3) is 0.368. The monoisotopic (exact) mass is 438 g/mol. The number of anilines is 1. The second kappa shape index (κ2) is 7.85. The lowest BCUT2D eigenvalue weighted by Gasteiger charge is -2.25. The van der Waals surface area contributed by atoms with Crippen molar-refractivity contribution < 1.29 is 26.3 Å². The molecule has 0 bridgehead atoms. The highest BCUT2D eigenvalue weighted by molar-refractivity contribution is 7.92. The van der Waals surface area contributed by atoms with Gasteiger partial charge < -0.3 is 9.47 Å². The molecule has 0 aliphatic carbocycles. The van der Waals surface area contributed by atoms with Gasteiger partial charge in [-0.25, -0.2) is 16.8 Å². The topological polar surface area (TPSA) is 102 Å². The van der Waals surface area contributed by atoms with Gasteiger partial charge in [0.05, 0.1) is 9.79 Å². The smallest absolute Gasteiger partial charge is 0.262 e. The van der Waals surface area contributed by atoms with Crippen molar-refractivity contribution in [3.63, 3.8) is 0 Å². The molecule has 4 rings (SSSR count). The van der Waals surface area contributed by atoms with E-state index in [1.54, 1.807) is 6.07 Å². The maximum Gasteiger partial charge on any atom is 0.262 e. The van der Waals surface area contributed by atoms with Gasteiger partial charge in [-0.05, 0) is 49.2 Å². The van der Waals surface area contributed by atoms with Crippen molar-refractivity contribution in [2.45, 2.75) is 29.1 Å². The van der Waals surface area contributed by atoms with Crippen LogP contribution in [0, 0.1) is 0 Å². The molecule has 2 aliphatic rings. The molecule has 2 heterocycles. The Kier molecular flexibility index (Phi) is 5.41. The molecular weight excluding hydrogens is 416 g/mol. The molecular formula is C19H22N2O6S2. The summed E-state index contributed by atoms with van der Waals surface area (Å²) in [6.45, 7) is 1.81. The molecule has 2 aliphatic heterocycles. The Hall–Kier alpha value is -2.30. The summed E-state index contributed by atoms with van der Waals surface area (Å²) >= 11 is 0. The molecule has 0 aromatic heterocycles. The van der Waals surface area contributed by atoms with E-state index in [-0.39, 0.29) is 15.5 Å². The molecule has 1 N–H and O–H groups in total. The molecule has 1 fully saturated rings. The predicted octanol–water partition coefficient (Wildman–Crippen LogP) is 2.43. The largest absolute Gasteiger partial charge is 0.486 e. The highest BCUT2D eigenvalue weighted by Gasteiger charge is 2.26. The number of nitrogens with one attached hydrogen (secondary N) is 1. The van der Waals surface area contributed by atoms with Gasteiger partial charge in [0.15, 0.2) is 11.5 Å². The van der Waals surface area contributed by atoms with Crippen LogP contribution in [-0.4, -0.2) is 47.4 Å². The molecule has 2 aromatic carbocycles. The van der Waals surface area contributed by atoms with Crippen LogP contribution in [0.2, 0.25) is 0 Å². The van der Waals surface area contributed by atoms with E-state index < -0.39 is 20.0 Å². The third kappa shape index (κ3) is 4.19. The molecule has 0 amide bonds. The SMILES string of the molecule is O=S(=O)(Nc1ccc(S(=O)(=O)N2CCCCC2)cc1)c1ccc2c(c1)OCCO2. The standard InChI is InChI=1S/C19H22N2O6S2/c22-28(23,17-8-9-18-19(14-17)27-13-12-26-18)20-15-4-6-16(7-5-15)29(24,25)21-10-2-1-3-11-21/h4-9,14,20H,1-3,10-13H2. The lowest BCUT2D eigenvalue weighted by Crippen LogP contribution is -2.35. The highest BCUT2D eigenvalue weighted by Crippen LogP contribution is 2.33. The van der Waals surface area contributed by atoms with Crippen LogP contribution in [0.5, 0.6) is 11.5 Å². The van der Waals surface area contributed by atoms with Gasteiger partial charge in [0, 0.05) is 24.8 Å². The summed E-state index contributed by atoms with van der Waals surface area (Å²) in [5.41, 5.74) is 0.275. The van der Waals surface area contributed by atoms with E-state index in [0.29, 0.717) is 37.8 Å². The average Bonchev–Trinajstić information content (AvgIpc) is 2.74. The van der Waals surface area contributed by atoms with Gasteiger partial charge in [-0.1, -0.05) is 6.42 Å². The van der Waals surface area contributed by atoms with Gasteiger partial charge in [0.2, 0.25) is 10.0 Å². The second-order valence-electron chi connectivity index (χ2n) is 6.90. The minimum Gasteiger partial charge on any atom is -0.486 e. The number of ether oxygens (including phenoxy) is 2. The third-order valence-corrected chi connectivity index (χ3v) is 8.18. The molecule has 29 heavy (non-hydrogen) atoms. The molecule has 2 aromatic rings. The van der Waals surface area contributed by atoms with Crippen molar-refractivity contribution in [2.24, 2.45) is 0 Å². The van der Waals surface area contributed by atoms with Gasteiger partial charge >= 0.3 is 0 Å². The molecule has 156 valence electrons. The Labute approximate surface area is 170 Å². The van der Waals surface area contributed by atoms with Crippen molar-refractivity contribution in [3.05, 3.63) is 42.5 Å². The number of fused-ring (bicyclic) bond motifs is 1. The van der Waals surface area contributed by atoms with Crippen molar-refractivity contribution in [3.8, 4) is 11.5 Å². The van der Waals surface area contributed by atoms with E-state index >= 15 is 0 Å². The zero-order chi connectivity index (χ0) is 20.5. The van der Waals surface area contributed by atoms with Crippen molar-refractivity contribution in [2.75, 3.05) is 31.0 Å². The molecule has 1 saturated heterocycles. The van der Waals surface area contributed by atoms with Crippen LogP contribution in [0.25, 0.3) is 0 Å². The number of rotatable bonds is 5. The van der Waals surface area contributed by atoms with E-state index in [0.717, 1.165) is 19.3 Å². The maximum atomic E-state index is 12.7. The Bertz CT molecular complexity index is 1090. The number of hydrogen-bond acceptors (Lipinski definition) is 6. The van der Waals surface area contributed by atoms with Crippen molar-refractivity contribution in [1.29, 1.82) is 0 Å². The molecule has 0 spiro atoms. The van der Waals surface area contributed by atoms with Gasteiger partial charge in [-0.15, -0.1) is 0 Å². The van der Waals surface area contributed by atoms with Gasteiger partial charge in [0.25, 0.3) is 10.0 Å². The Morgan fingerprint density at radius 3 is 2.07 bits per heavy atom. The summed E-state index contributed by atoms with van der Waals surface area (Å²) in [4.78, 5) is 0.188. The second-order valence-corrected chi connectivity index (χ2v) is 10.5. The normalized spacial score (nSPS) is 17.7. The van der Waals surface area contributed by atoms with Crippen LogP contribution in [0.4, 0.5) is 5.69 Å². The van der Waals surface area contributed by atoms with E-state index in [9.17, 15) is 16.8 Å². The Morgan fingerprint density at radius 1 is 0.759 bits per heavy atom. The summed E-state index contributed by atoms with van der Waals surface area (Å²) < 4.78 is 65.6. The summed E-state index contributed by atoms with van der Waals surface area (Å²) in [7, 11) is -7.42. The molecule has 0 saturated carbocycles. The number of nitrogens with zero attached hydrogens (tertiary/aromatic N) is 1. The maximum absolute atomic E-state index is 12.7. The fourth-order valence-electron chi connectivity index (χ4n) is 3.35. The quantitative estimate of drug-likeness (QED) is 0.769. The minimum atomic E-state index is -3.86. The highest BCUT2D eigenvalue weighted by atomic mass is 32.2. The molecule has 8 nitrogen and oxygen atoms in total. The predicted molar refractivity (Wildman–Crippen MR) is 107 cm³/mol. The number of benzene rings is 2. The third-order valence-electron chi connectivity index (χ3n) is 4.88. The van der Waals surface area contributed by atoms with Crippen LogP contribution in [0.1, 0.15) is 19.3 Å². The first-order valence-corrected chi connectivity index (χ1v) is 12.3. The summed E-state index contributed by atoms with van der Waals surface area (Å²) in [5.74, 6) is 0.879. The summed E-state index contributed by atoms with van der Waals surface area (Å²) in [6.07, 6.45) is 2.74. The van der Waals surface area contributed by atoms with E-state index in [2.05, 4.69) is 4.72 Å².